The molecule has 128 valence electrons. The number of amides is 1. The predicted octanol–water partition coefficient (Wildman–Crippen LogP) is 2.01. The van der Waals surface area contributed by atoms with E-state index in [0.717, 1.165) is 38.4 Å². The Kier molecular flexibility index (Phi) is 5.82. The van der Waals surface area contributed by atoms with Gasteiger partial charge < -0.3 is 10.2 Å². The Labute approximate surface area is 147 Å². The Morgan fingerprint density at radius 1 is 1.25 bits per heavy atom. The van der Waals surface area contributed by atoms with Gasteiger partial charge in [0.1, 0.15) is 5.82 Å². The second kappa shape index (κ2) is 8.26. The summed E-state index contributed by atoms with van der Waals surface area (Å²) in [6.45, 7) is 6.29. The molecule has 1 amide bonds. The zero-order valence-corrected chi connectivity index (χ0v) is 14.8. The third-order valence-electron chi connectivity index (χ3n) is 4.47. The summed E-state index contributed by atoms with van der Waals surface area (Å²) in [5.41, 5.74) is 0. The monoisotopic (exact) mass is 344 g/mol. The molecular formula is C18H24N4OS. The van der Waals surface area contributed by atoms with Gasteiger partial charge in [-0.3, -0.25) is 9.69 Å². The van der Waals surface area contributed by atoms with E-state index in [1.54, 1.807) is 11.3 Å². The molecule has 2 aromatic heterocycles. The van der Waals surface area contributed by atoms with Gasteiger partial charge in [-0.15, -0.1) is 11.3 Å². The minimum Gasteiger partial charge on any atom is -0.354 e. The number of aromatic nitrogens is 1. The summed E-state index contributed by atoms with van der Waals surface area (Å²) in [4.78, 5) is 22.6. The number of rotatable bonds is 6. The predicted molar refractivity (Wildman–Crippen MR) is 98.5 cm³/mol. The van der Waals surface area contributed by atoms with Gasteiger partial charge in [0.25, 0.3) is 0 Å². The zero-order chi connectivity index (χ0) is 16.8. The normalized spacial score (nSPS) is 16.8. The fourth-order valence-corrected chi connectivity index (χ4v) is 3.67. The van der Waals surface area contributed by atoms with E-state index >= 15 is 0 Å². The third-order valence-corrected chi connectivity index (χ3v) is 5.40. The van der Waals surface area contributed by atoms with Crippen LogP contribution in [-0.4, -0.2) is 54.6 Å². The van der Waals surface area contributed by atoms with E-state index in [4.69, 9.17) is 0 Å². The van der Waals surface area contributed by atoms with E-state index in [0.29, 0.717) is 6.54 Å². The maximum absolute atomic E-state index is 12.3. The maximum atomic E-state index is 12.3. The molecule has 6 heteroatoms. The second-order valence-electron chi connectivity index (χ2n) is 6.01. The van der Waals surface area contributed by atoms with Crippen LogP contribution in [0.15, 0.2) is 41.9 Å². The first-order chi connectivity index (χ1) is 11.7. The molecule has 3 heterocycles. The molecule has 1 fully saturated rings. The lowest BCUT2D eigenvalue weighted by Gasteiger charge is -2.37. The second-order valence-corrected chi connectivity index (χ2v) is 7.04. The van der Waals surface area contributed by atoms with E-state index in [2.05, 4.69) is 31.5 Å². The molecule has 2 aromatic rings. The standard InChI is InChI=1S/C18H24N4OS/c1-15(18(23)20-9-7-16-5-4-14-24-16)21-10-12-22(13-11-21)17-6-2-3-8-19-17/h2-6,8,14-15H,7,9-13H2,1H3,(H,20,23). The van der Waals surface area contributed by atoms with Crippen LogP contribution in [0.5, 0.6) is 0 Å². The molecule has 3 rings (SSSR count). The van der Waals surface area contributed by atoms with Crippen LogP contribution in [-0.2, 0) is 11.2 Å². The quantitative estimate of drug-likeness (QED) is 0.871. The highest BCUT2D eigenvalue weighted by atomic mass is 32.1. The molecule has 1 aliphatic rings. The summed E-state index contributed by atoms with van der Waals surface area (Å²) in [5, 5.41) is 5.13. The van der Waals surface area contributed by atoms with Gasteiger partial charge >= 0.3 is 0 Å². The van der Waals surface area contributed by atoms with Gasteiger partial charge in [-0.1, -0.05) is 12.1 Å². The Bertz CT molecular complexity index is 624. The summed E-state index contributed by atoms with van der Waals surface area (Å²) < 4.78 is 0. The Balaban J connectivity index is 1.42. The maximum Gasteiger partial charge on any atom is 0.237 e. The molecule has 5 nitrogen and oxygen atoms in total. The van der Waals surface area contributed by atoms with Crippen molar-refractivity contribution in [2.24, 2.45) is 0 Å². The van der Waals surface area contributed by atoms with Crippen LogP contribution in [0.1, 0.15) is 11.8 Å². The number of nitrogens with zero attached hydrogens (tertiary/aromatic N) is 3. The Morgan fingerprint density at radius 3 is 2.75 bits per heavy atom. The Hall–Kier alpha value is -1.92. The lowest BCUT2D eigenvalue weighted by Crippen LogP contribution is -2.54. The minimum atomic E-state index is -0.0841. The van der Waals surface area contributed by atoms with Crippen LogP contribution in [0.25, 0.3) is 0 Å². The van der Waals surface area contributed by atoms with Crippen molar-refractivity contribution in [3.63, 3.8) is 0 Å². The van der Waals surface area contributed by atoms with E-state index in [1.807, 2.05) is 37.4 Å². The molecule has 1 N–H and O–H groups in total. The summed E-state index contributed by atoms with van der Waals surface area (Å²) in [6, 6.07) is 10.1. The number of carbonyl (C=O) groups is 1. The van der Waals surface area contributed by atoms with Gasteiger partial charge in [-0.25, -0.2) is 4.98 Å². The van der Waals surface area contributed by atoms with Crippen molar-refractivity contribution in [1.29, 1.82) is 0 Å². The van der Waals surface area contributed by atoms with Crippen LogP contribution < -0.4 is 10.2 Å². The summed E-state index contributed by atoms with van der Waals surface area (Å²) in [6.07, 6.45) is 2.73. The zero-order valence-electron chi connectivity index (χ0n) is 14.0. The highest BCUT2D eigenvalue weighted by Crippen LogP contribution is 2.14. The number of pyridine rings is 1. The molecule has 0 spiro atoms. The van der Waals surface area contributed by atoms with Crippen LogP contribution in [0.3, 0.4) is 0 Å². The van der Waals surface area contributed by atoms with Crippen molar-refractivity contribution in [3.05, 3.63) is 46.8 Å². The van der Waals surface area contributed by atoms with E-state index in [-0.39, 0.29) is 11.9 Å². The molecule has 0 saturated carbocycles. The van der Waals surface area contributed by atoms with Gasteiger partial charge in [0.2, 0.25) is 5.91 Å². The van der Waals surface area contributed by atoms with Gasteiger partial charge in [0, 0.05) is 43.8 Å². The SMILES string of the molecule is CC(C(=O)NCCc1cccs1)N1CCN(c2ccccn2)CC1. The largest absolute Gasteiger partial charge is 0.354 e. The molecule has 0 radical (unpaired) electrons. The lowest BCUT2D eigenvalue weighted by atomic mass is 10.2. The van der Waals surface area contributed by atoms with E-state index in [9.17, 15) is 4.79 Å². The molecular weight excluding hydrogens is 320 g/mol. The van der Waals surface area contributed by atoms with Crippen molar-refractivity contribution < 1.29 is 4.79 Å². The fourth-order valence-electron chi connectivity index (χ4n) is 2.96. The number of piperazine rings is 1. The molecule has 0 aliphatic carbocycles. The number of anilines is 1. The minimum absolute atomic E-state index is 0.0841. The first-order valence-corrected chi connectivity index (χ1v) is 9.32. The average Bonchev–Trinajstić information content (AvgIpc) is 3.15. The van der Waals surface area contributed by atoms with Gasteiger partial charge in [0.15, 0.2) is 0 Å². The van der Waals surface area contributed by atoms with Crippen molar-refractivity contribution in [3.8, 4) is 0 Å². The van der Waals surface area contributed by atoms with Gasteiger partial charge in [0.05, 0.1) is 6.04 Å². The number of hydrogen-bond acceptors (Lipinski definition) is 5. The van der Waals surface area contributed by atoms with Crippen molar-refractivity contribution in [1.82, 2.24) is 15.2 Å². The highest BCUT2D eigenvalue weighted by Gasteiger charge is 2.25. The van der Waals surface area contributed by atoms with Crippen molar-refractivity contribution in [2.75, 3.05) is 37.6 Å². The summed E-state index contributed by atoms with van der Waals surface area (Å²) >= 11 is 1.74. The van der Waals surface area contributed by atoms with Gasteiger partial charge in [-0.2, -0.15) is 0 Å². The van der Waals surface area contributed by atoms with Crippen molar-refractivity contribution in [2.45, 2.75) is 19.4 Å². The van der Waals surface area contributed by atoms with Crippen LogP contribution >= 0.6 is 11.3 Å². The Morgan fingerprint density at radius 2 is 2.08 bits per heavy atom. The van der Waals surface area contributed by atoms with Crippen LogP contribution in [0, 0.1) is 0 Å². The molecule has 1 atom stereocenters. The smallest absolute Gasteiger partial charge is 0.237 e. The molecule has 1 unspecified atom stereocenters. The summed E-state index contributed by atoms with van der Waals surface area (Å²) in [5.74, 6) is 1.14. The number of carbonyl (C=O) groups excluding carboxylic acids is 1. The van der Waals surface area contributed by atoms with Crippen LogP contribution in [0.4, 0.5) is 5.82 Å². The summed E-state index contributed by atoms with van der Waals surface area (Å²) in [7, 11) is 0. The molecule has 1 aliphatic heterocycles. The molecule has 1 saturated heterocycles. The van der Waals surface area contributed by atoms with Gasteiger partial charge in [-0.05, 0) is 36.9 Å². The number of hydrogen-bond donors (Lipinski definition) is 1. The third kappa shape index (κ3) is 4.33. The van der Waals surface area contributed by atoms with Crippen LogP contribution in [0.2, 0.25) is 0 Å². The fraction of sp³-hybridized carbons (Fsp3) is 0.444. The van der Waals surface area contributed by atoms with E-state index < -0.39 is 0 Å². The van der Waals surface area contributed by atoms with Crippen molar-refractivity contribution >= 4 is 23.1 Å². The van der Waals surface area contributed by atoms with E-state index in [1.165, 1.54) is 4.88 Å². The molecule has 0 aromatic carbocycles. The topological polar surface area (TPSA) is 48.5 Å². The number of thiophene rings is 1. The lowest BCUT2D eigenvalue weighted by molar-refractivity contribution is -0.125. The molecule has 24 heavy (non-hydrogen) atoms. The molecule has 0 bridgehead atoms. The average molecular weight is 344 g/mol. The number of nitrogens with one attached hydrogen (secondary N) is 1. The first-order valence-electron chi connectivity index (χ1n) is 8.44. The first kappa shape index (κ1) is 16.9. The highest BCUT2D eigenvalue weighted by molar-refractivity contribution is 7.09.